The minimum absolute atomic E-state index is 0.000925. The second-order valence-electron chi connectivity index (χ2n) is 13.5. The molecule has 4 fully saturated rings. The van der Waals surface area contributed by atoms with Crippen LogP contribution in [-0.2, 0) is 19.1 Å². The van der Waals surface area contributed by atoms with Crippen molar-refractivity contribution in [3.63, 3.8) is 0 Å². The fourth-order valence-electron chi connectivity index (χ4n) is 9.53. The molecule has 5 nitrogen and oxygen atoms in total. The third-order valence-electron chi connectivity index (χ3n) is 11.8. The zero-order valence-corrected chi connectivity index (χ0v) is 23.6. The topological polar surface area (TPSA) is 72.8 Å². The van der Waals surface area contributed by atoms with E-state index in [-0.39, 0.29) is 37.2 Å². The van der Waals surface area contributed by atoms with Crippen molar-refractivity contribution >= 4 is 11.9 Å². The SMILES string of the molecule is CCC(C)C(=O)OC1CC[C@@]2(C)C(CCC3C4CCC(C(C)CCC(=O)OCCO)[C@@]4(C)CCC32)C1. The quantitative estimate of drug-likeness (QED) is 0.360. The highest BCUT2D eigenvalue weighted by molar-refractivity contribution is 5.72. The van der Waals surface area contributed by atoms with Crippen LogP contribution in [0.15, 0.2) is 0 Å². The van der Waals surface area contributed by atoms with Gasteiger partial charge in [0.05, 0.1) is 12.5 Å². The summed E-state index contributed by atoms with van der Waals surface area (Å²) in [5.74, 6) is 4.19. The highest BCUT2D eigenvalue weighted by atomic mass is 16.5. The Balaban J connectivity index is 1.37. The van der Waals surface area contributed by atoms with Crippen molar-refractivity contribution in [1.82, 2.24) is 0 Å². The summed E-state index contributed by atoms with van der Waals surface area (Å²) in [5, 5.41) is 8.89. The summed E-state index contributed by atoms with van der Waals surface area (Å²) < 4.78 is 11.1. The molecule has 0 aromatic carbocycles. The van der Waals surface area contributed by atoms with Crippen molar-refractivity contribution in [3.8, 4) is 0 Å². The van der Waals surface area contributed by atoms with E-state index in [1.54, 1.807) is 0 Å². The molecule has 1 N–H and O–H groups in total. The Morgan fingerprint density at radius 2 is 1.69 bits per heavy atom. The predicted molar refractivity (Wildman–Crippen MR) is 141 cm³/mol. The van der Waals surface area contributed by atoms with Crippen LogP contribution in [-0.4, -0.2) is 36.4 Å². The first kappa shape index (κ1) is 27.9. The lowest BCUT2D eigenvalue weighted by Gasteiger charge is -2.61. The average molecular weight is 505 g/mol. The number of rotatable bonds is 9. The third-order valence-corrected chi connectivity index (χ3v) is 11.8. The van der Waals surface area contributed by atoms with E-state index < -0.39 is 0 Å². The fourth-order valence-corrected chi connectivity index (χ4v) is 9.53. The number of carbonyl (C=O) groups is 2. The average Bonchev–Trinajstić information content (AvgIpc) is 3.22. The zero-order valence-electron chi connectivity index (χ0n) is 23.6. The van der Waals surface area contributed by atoms with Gasteiger partial charge in [0.1, 0.15) is 12.7 Å². The molecule has 5 heteroatoms. The molecule has 0 saturated heterocycles. The minimum Gasteiger partial charge on any atom is -0.463 e. The molecule has 0 amide bonds. The summed E-state index contributed by atoms with van der Waals surface area (Å²) in [6.07, 6.45) is 13.6. The van der Waals surface area contributed by atoms with E-state index in [4.69, 9.17) is 14.6 Å². The molecule has 0 bridgehead atoms. The lowest BCUT2D eigenvalue weighted by atomic mass is 9.44. The number of aliphatic hydroxyl groups excluding tert-OH is 1. The summed E-state index contributed by atoms with van der Waals surface area (Å²) in [5.41, 5.74) is 0.783. The van der Waals surface area contributed by atoms with Crippen molar-refractivity contribution in [3.05, 3.63) is 0 Å². The van der Waals surface area contributed by atoms with Crippen LogP contribution in [0.5, 0.6) is 0 Å². The zero-order chi connectivity index (χ0) is 26.1. The van der Waals surface area contributed by atoms with Gasteiger partial charge in [0.2, 0.25) is 0 Å². The molecular formula is C31H52O5. The number of fused-ring (bicyclic) bond motifs is 5. The van der Waals surface area contributed by atoms with Gasteiger partial charge >= 0.3 is 11.9 Å². The van der Waals surface area contributed by atoms with Crippen molar-refractivity contribution < 1.29 is 24.2 Å². The van der Waals surface area contributed by atoms with Gasteiger partial charge in [-0.15, -0.1) is 0 Å². The Bertz CT molecular complexity index is 781. The molecule has 36 heavy (non-hydrogen) atoms. The van der Waals surface area contributed by atoms with Gasteiger partial charge in [-0.1, -0.05) is 34.6 Å². The van der Waals surface area contributed by atoms with Crippen molar-refractivity contribution in [2.45, 2.75) is 118 Å². The number of esters is 2. The Labute approximate surface area is 219 Å². The Kier molecular flexibility index (Phi) is 8.79. The first-order chi connectivity index (χ1) is 17.1. The molecule has 8 unspecified atom stereocenters. The summed E-state index contributed by atoms with van der Waals surface area (Å²) in [4.78, 5) is 24.4. The van der Waals surface area contributed by atoms with Gasteiger partial charge in [-0.25, -0.2) is 0 Å². The van der Waals surface area contributed by atoms with Crippen molar-refractivity contribution in [2.75, 3.05) is 13.2 Å². The van der Waals surface area contributed by atoms with E-state index in [0.29, 0.717) is 35.0 Å². The van der Waals surface area contributed by atoms with E-state index in [1.807, 2.05) is 6.92 Å². The molecule has 4 aliphatic rings. The van der Waals surface area contributed by atoms with Crippen LogP contribution in [0.4, 0.5) is 0 Å². The van der Waals surface area contributed by atoms with E-state index >= 15 is 0 Å². The number of aliphatic hydroxyl groups is 1. The molecule has 4 saturated carbocycles. The lowest BCUT2D eigenvalue weighted by molar-refractivity contribution is -0.166. The second kappa shape index (κ2) is 11.3. The minimum atomic E-state index is -0.170. The Morgan fingerprint density at radius 3 is 2.42 bits per heavy atom. The predicted octanol–water partition coefficient (Wildman–Crippen LogP) is 6.56. The summed E-state index contributed by atoms with van der Waals surface area (Å²) in [6, 6.07) is 0. The van der Waals surface area contributed by atoms with Gasteiger partial charge in [0.15, 0.2) is 0 Å². The van der Waals surface area contributed by atoms with Crippen molar-refractivity contribution in [1.29, 1.82) is 0 Å². The summed E-state index contributed by atoms with van der Waals surface area (Å²) >= 11 is 0. The number of carbonyl (C=O) groups excluding carboxylic acids is 2. The van der Waals surface area contributed by atoms with Crippen LogP contribution in [0.25, 0.3) is 0 Å². The number of ether oxygens (including phenoxy) is 2. The molecule has 0 radical (unpaired) electrons. The monoisotopic (exact) mass is 504 g/mol. The van der Waals surface area contributed by atoms with Crippen LogP contribution in [0.3, 0.4) is 0 Å². The molecule has 4 rings (SSSR count). The number of hydrogen-bond acceptors (Lipinski definition) is 5. The molecule has 0 aromatic rings. The maximum atomic E-state index is 12.4. The molecule has 0 aliphatic heterocycles. The maximum Gasteiger partial charge on any atom is 0.308 e. The molecular weight excluding hydrogens is 452 g/mol. The standard InChI is InChI=1S/C31H52O5/c1-6-20(2)29(34)36-23-13-15-30(4)22(19-23)8-9-24-26-11-10-25(31(26,5)16-14-27(24)30)21(3)7-12-28(33)35-18-17-32/h20-27,32H,6-19H2,1-5H3/t20?,21?,22?,23?,24?,25?,26?,27?,30-,31+/m0/s1. The van der Waals surface area contributed by atoms with E-state index in [2.05, 4.69) is 27.7 Å². The Hall–Kier alpha value is -1.10. The van der Waals surface area contributed by atoms with Crippen molar-refractivity contribution in [2.24, 2.45) is 52.3 Å². The normalized spacial score (nSPS) is 41.4. The van der Waals surface area contributed by atoms with Crippen LogP contribution in [0.1, 0.15) is 112 Å². The molecule has 206 valence electrons. The van der Waals surface area contributed by atoms with E-state index in [1.165, 1.54) is 44.9 Å². The first-order valence-electron chi connectivity index (χ1n) is 15.1. The maximum absolute atomic E-state index is 12.4. The molecule has 10 atom stereocenters. The van der Waals surface area contributed by atoms with Gasteiger partial charge in [0, 0.05) is 6.42 Å². The van der Waals surface area contributed by atoms with Gasteiger partial charge in [-0.2, -0.15) is 0 Å². The van der Waals surface area contributed by atoms with E-state index in [9.17, 15) is 9.59 Å². The molecule has 0 heterocycles. The summed E-state index contributed by atoms with van der Waals surface area (Å²) in [6.45, 7) is 11.6. The fraction of sp³-hybridized carbons (Fsp3) is 0.935. The first-order valence-corrected chi connectivity index (χ1v) is 15.1. The number of hydrogen-bond donors (Lipinski definition) is 1. The van der Waals surface area contributed by atoms with E-state index in [0.717, 1.165) is 43.4 Å². The lowest BCUT2D eigenvalue weighted by Crippen LogP contribution is -2.54. The molecule has 0 spiro atoms. The highest BCUT2D eigenvalue weighted by Crippen LogP contribution is 2.68. The largest absolute Gasteiger partial charge is 0.463 e. The van der Waals surface area contributed by atoms with Gasteiger partial charge in [-0.3, -0.25) is 9.59 Å². The molecule has 0 aromatic heterocycles. The smallest absolute Gasteiger partial charge is 0.308 e. The second-order valence-corrected chi connectivity index (χ2v) is 13.5. The highest BCUT2D eigenvalue weighted by Gasteiger charge is 2.60. The van der Waals surface area contributed by atoms with Gasteiger partial charge in [-0.05, 0) is 117 Å². The van der Waals surface area contributed by atoms with Crippen LogP contribution in [0.2, 0.25) is 0 Å². The third kappa shape index (κ3) is 5.24. The summed E-state index contributed by atoms with van der Waals surface area (Å²) in [7, 11) is 0. The van der Waals surface area contributed by atoms with Gasteiger partial charge < -0.3 is 14.6 Å². The van der Waals surface area contributed by atoms with Gasteiger partial charge in [0.25, 0.3) is 0 Å². The Morgan fingerprint density at radius 1 is 0.972 bits per heavy atom. The van der Waals surface area contributed by atoms with Crippen LogP contribution in [0, 0.1) is 52.3 Å². The molecule has 4 aliphatic carbocycles. The van der Waals surface area contributed by atoms with Crippen LogP contribution < -0.4 is 0 Å². The van der Waals surface area contributed by atoms with Crippen LogP contribution >= 0.6 is 0 Å².